The third-order valence-corrected chi connectivity index (χ3v) is 5.42. The summed E-state index contributed by atoms with van der Waals surface area (Å²) in [7, 11) is 0. The van der Waals surface area contributed by atoms with Gasteiger partial charge in [-0.3, -0.25) is 10.3 Å². The summed E-state index contributed by atoms with van der Waals surface area (Å²) in [4.78, 5) is 12.7. The lowest BCUT2D eigenvalue weighted by Crippen LogP contribution is -2.36. The maximum atomic E-state index is 9.34. The van der Waals surface area contributed by atoms with E-state index in [-0.39, 0.29) is 6.61 Å². The van der Waals surface area contributed by atoms with Gasteiger partial charge >= 0.3 is 0 Å². The number of hydrogen-bond acceptors (Lipinski definition) is 7. The highest BCUT2D eigenvalue weighted by Gasteiger charge is 2.21. The summed E-state index contributed by atoms with van der Waals surface area (Å²) in [6, 6.07) is 8.32. The van der Waals surface area contributed by atoms with E-state index in [0.29, 0.717) is 18.5 Å². The summed E-state index contributed by atoms with van der Waals surface area (Å²) in [5.41, 5.74) is 3.96. The zero-order valence-corrected chi connectivity index (χ0v) is 16.6. The number of nitrogens with zero attached hydrogens (tertiary/aromatic N) is 5. The van der Waals surface area contributed by atoms with Crippen LogP contribution in [0.2, 0.25) is 0 Å². The highest BCUT2D eigenvalue weighted by atomic mass is 16.5. The van der Waals surface area contributed by atoms with Gasteiger partial charge in [0.2, 0.25) is 0 Å². The molecule has 8 heteroatoms. The van der Waals surface area contributed by atoms with E-state index < -0.39 is 0 Å². The summed E-state index contributed by atoms with van der Waals surface area (Å²) in [6.07, 6.45) is 11.1. The molecule has 0 spiro atoms. The molecule has 1 aliphatic rings. The maximum Gasteiger partial charge on any atom is 0.157 e. The molecule has 3 aromatic rings. The van der Waals surface area contributed by atoms with Crippen molar-refractivity contribution in [3.63, 3.8) is 0 Å². The first kappa shape index (κ1) is 19.6. The van der Waals surface area contributed by atoms with Gasteiger partial charge in [-0.05, 0) is 37.5 Å². The third kappa shape index (κ3) is 5.02. The minimum Gasteiger partial charge on any atom is -0.493 e. The van der Waals surface area contributed by atoms with Crippen LogP contribution in [0.1, 0.15) is 32.1 Å². The molecule has 1 saturated carbocycles. The van der Waals surface area contributed by atoms with Crippen molar-refractivity contribution in [2.24, 2.45) is 0 Å². The molecular formula is C21H28N6O2. The summed E-state index contributed by atoms with van der Waals surface area (Å²) in [5.74, 6) is 1.50. The van der Waals surface area contributed by atoms with Crippen molar-refractivity contribution < 1.29 is 9.84 Å². The van der Waals surface area contributed by atoms with Crippen molar-refractivity contribution in [2.45, 2.75) is 38.1 Å². The Morgan fingerprint density at radius 1 is 1.21 bits per heavy atom. The molecule has 4 rings (SSSR count). The first-order valence-corrected chi connectivity index (χ1v) is 10.3. The van der Waals surface area contributed by atoms with Crippen molar-refractivity contribution in [2.75, 3.05) is 31.7 Å². The lowest BCUT2D eigenvalue weighted by atomic mass is 10.2. The average molecular weight is 396 g/mol. The molecule has 154 valence electrons. The number of fused-ring (bicyclic) bond motifs is 1. The van der Waals surface area contributed by atoms with E-state index in [1.807, 2.05) is 30.5 Å². The lowest BCUT2D eigenvalue weighted by Gasteiger charge is -2.28. The van der Waals surface area contributed by atoms with Crippen LogP contribution >= 0.6 is 0 Å². The smallest absolute Gasteiger partial charge is 0.157 e. The van der Waals surface area contributed by atoms with Crippen LogP contribution in [0.15, 0.2) is 43.0 Å². The van der Waals surface area contributed by atoms with Gasteiger partial charge < -0.3 is 9.84 Å². The largest absolute Gasteiger partial charge is 0.493 e. The second-order valence-electron chi connectivity index (χ2n) is 7.36. The molecule has 0 saturated heterocycles. The molecule has 2 aromatic heterocycles. The van der Waals surface area contributed by atoms with Gasteiger partial charge in [-0.15, -0.1) is 0 Å². The summed E-state index contributed by atoms with van der Waals surface area (Å²) in [6.45, 7) is 2.57. The molecule has 0 radical (unpaired) electrons. The number of aliphatic hydroxyl groups is 1. The molecule has 0 atom stereocenters. The van der Waals surface area contributed by atoms with Crippen LogP contribution < -0.4 is 10.2 Å². The second-order valence-corrected chi connectivity index (χ2v) is 7.36. The third-order valence-electron chi connectivity index (χ3n) is 5.42. The van der Waals surface area contributed by atoms with Gasteiger partial charge in [0, 0.05) is 36.8 Å². The molecule has 29 heavy (non-hydrogen) atoms. The Kier molecular flexibility index (Phi) is 6.53. The van der Waals surface area contributed by atoms with Crippen molar-refractivity contribution in [1.82, 2.24) is 24.8 Å². The van der Waals surface area contributed by atoms with Gasteiger partial charge in [0.15, 0.2) is 5.82 Å². The van der Waals surface area contributed by atoms with Crippen molar-refractivity contribution in [1.29, 1.82) is 0 Å². The van der Waals surface area contributed by atoms with E-state index in [0.717, 1.165) is 36.2 Å². The minimum absolute atomic E-state index is 0.219. The van der Waals surface area contributed by atoms with Gasteiger partial charge in [0.1, 0.15) is 12.1 Å². The first-order valence-electron chi connectivity index (χ1n) is 10.3. The van der Waals surface area contributed by atoms with E-state index in [4.69, 9.17) is 4.74 Å². The molecule has 1 fully saturated rings. The summed E-state index contributed by atoms with van der Waals surface area (Å²) >= 11 is 0. The Morgan fingerprint density at radius 3 is 2.90 bits per heavy atom. The standard InChI is InChI=1S/C21H28N6O2/c28-13-12-26(17-5-1-2-6-17)10-4-14-29-18-7-8-19-20(15-18)22-16-23-21(19)25-27-11-3-9-24-27/h3,7-9,11,15-17,28H,1-2,4-6,10,12-14H2,(H,22,23,25). The zero-order valence-electron chi connectivity index (χ0n) is 16.6. The number of nitrogens with one attached hydrogen (secondary N) is 1. The Morgan fingerprint density at radius 2 is 2.10 bits per heavy atom. The number of hydrogen-bond donors (Lipinski definition) is 2. The molecule has 0 aliphatic heterocycles. The predicted octanol–water partition coefficient (Wildman–Crippen LogP) is 2.71. The molecule has 8 nitrogen and oxygen atoms in total. The van der Waals surface area contributed by atoms with Crippen LogP contribution in [0.5, 0.6) is 5.75 Å². The van der Waals surface area contributed by atoms with Crippen LogP contribution in [0, 0.1) is 0 Å². The number of aliphatic hydroxyl groups excluding tert-OH is 1. The van der Waals surface area contributed by atoms with Crippen molar-refractivity contribution in [3.05, 3.63) is 43.0 Å². The second kappa shape index (κ2) is 9.67. The fourth-order valence-corrected chi connectivity index (χ4v) is 3.99. The molecule has 0 unspecified atom stereocenters. The molecule has 2 heterocycles. The van der Waals surface area contributed by atoms with Gasteiger partial charge in [-0.25, -0.2) is 9.97 Å². The van der Waals surface area contributed by atoms with Gasteiger partial charge in [0.25, 0.3) is 0 Å². The van der Waals surface area contributed by atoms with E-state index in [1.165, 1.54) is 32.0 Å². The van der Waals surface area contributed by atoms with E-state index in [9.17, 15) is 5.11 Å². The molecule has 1 aromatic carbocycles. The summed E-state index contributed by atoms with van der Waals surface area (Å²) in [5, 5.41) is 14.4. The van der Waals surface area contributed by atoms with E-state index in [1.54, 1.807) is 11.0 Å². The Hall–Kier alpha value is -2.71. The van der Waals surface area contributed by atoms with E-state index >= 15 is 0 Å². The van der Waals surface area contributed by atoms with E-state index in [2.05, 4.69) is 25.4 Å². The van der Waals surface area contributed by atoms with Crippen molar-refractivity contribution in [3.8, 4) is 5.75 Å². The monoisotopic (exact) mass is 396 g/mol. The topological polar surface area (TPSA) is 88.3 Å². The fourth-order valence-electron chi connectivity index (χ4n) is 3.99. The van der Waals surface area contributed by atoms with Crippen LogP contribution in [-0.4, -0.2) is 62.2 Å². The maximum absolute atomic E-state index is 9.34. The average Bonchev–Trinajstić information content (AvgIpc) is 3.45. The Balaban J connectivity index is 1.33. The number of rotatable bonds is 10. The van der Waals surface area contributed by atoms with Gasteiger partial charge in [0.05, 0.1) is 24.9 Å². The molecule has 1 aliphatic carbocycles. The predicted molar refractivity (Wildman–Crippen MR) is 112 cm³/mol. The van der Waals surface area contributed by atoms with Crippen LogP contribution in [-0.2, 0) is 0 Å². The molecular weight excluding hydrogens is 368 g/mol. The zero-order chi connectivity index (χ0) is 19.9. The number of benzene rings is 1. The fraction of sp³-hybridized carbons (Fsp3) is 0.476. The number of aromatic nitrogens is 4. The van der Waals surface area contributed by atoms with Crippen LogP contribution in [0.25, 0.3) is 10.9 Å². The van der Waals surface area contributed by atoms with Crippen LogP contribution in [0.4, 0.5) is 5.82 Å². The highest BCUT2D eigenvalue weighted by Crippen LogP contribution is 2.25. The number of anilines is 1. The molecule has 0 amide bonds. The molecule has 0 bridgehead atoms. The van der Waals surface area contributed by atoms with Crippen LogP contribution in [0.3, 0.4) is 0 Å². The first-order chi connectivity index (χ1) is 14.3. The van der Waals surface area contributed by atoms with Crippen molar-refractivity contribution >= 4 is 16.7 Å². The minimum atomic E-state index is 0.219. The van der Waals surface area contributed by atoms with Gasteiger partial charge in [-0.2, -0.15) is 9.89 Å². The van der Waals surface area contributed by atoms with Gasteiger partial charge in [-0.1, -0.05) is 12.8 Å². The highest BCUT2D eigenvalue weighted by molar-refractivity contribution is 5.89. The Bertz CT molecular complexity index is 895. The quantitative estimate of drug-likeness (QED) is 0.509. The summed E-state index contributed by atoms with van der Waals surface area (Å²) < 4.78 is 5.96. The number of ether oxygens (including phenoxy) is 1. The normalized spacial score (nSPS) is 14.7. The SMILES string of the molecule is OCCN(CCCOc1ccc2c(Nn3cccn3)ncnc2c1)C1CCCC1. The molecule has 2 N–H and O–H groups in total. The Labute approximate surface area is 170 Å². The lowest BCUT2D eigenvalue weighted by molar-refractivity contribution is 0.142.